The number of phenols is 1. The average Bonchev–Trinajstić information content (AvgIpc) is 3.30. The molecular formula is C33H40N4O11. The van der Waals surface area contributed by atoms with Crippen LogP contribution in [-0.2, 0) is 35.1 Å². The highest BCUT2D eigenvalue weighted by molar-refractivity contribution is 6.23. The number of phenolic OH excluding ortho intramolecular Hbond substituents is 1. The molecule has 3 atom stereocenters. The molecule has 0 saturated carbocycles. The molecule has 15 nitrogen and oxygen atoms in total. The first kappa shape index (κ1) is 37.0. The van der Waals surface area contributed by atoms with Gasteiger partial charge in [-0.1, -0.05) is 32.0 Å². The van der Waals surface area contributed by atoms with E-state index in [2.05, 4.69) is 10.6 Å². The van der Waals surface area contributed by atoms with Gasteiger partial charge in [-0.25, -0.2) is 9.59 Å². The molecule has 0 spiro atoms. The van der Waals surface area contributed by atoms with Crippen LogP contribution in [0.4, 0.5) is 4.79 Å². The summed E-state index contributed by atoms with van der Waals surface area (Å²) in [7, 11) is 1.15. The Morgan fingerprint density at radius 1 is 0.917 bits per heavy atom. The molecule has 0 radical (unpaired) electrons. The minimum atomic E-state index is -1.57. The van der Waals surface area contributed by atoms with Crippen molar-refractivity contribution < 1.29 is 52.9 Å². The Kier molecular flexibility index (Phi) is 12.6. The van der Waals surface area contributed by atoms with Crippen molar-refractivity contribution in [3.63, 3.8) is 0 Å². The van der Waals surface area contributed by atoms with Gasteiger partial charge in [0, 0.05) is 26.4 Å². The minimum absolute atomic E-state index is 0.0638. The highest BCUT2D eigenvalue weighted by Crippen LogP contribution is 2.30. The summed E-state index contributed by atoms with van der Waals surface area (Å²) in [5.74, 6) is -5.92. The molecule has 0 aliphatic carbocycles. The van der Waals surface area contributed by atoms with Gasteiger partial charge in [-0.3, -0.25) is 28.9 Å². The van der Waals surface area contributed by atoms with E-state index >= 15 is 0 Å². The van der Waals surface area contributed by atoms with Gasteiger partial charge in [0.25, 0.3) is 11.8 Å². The lowest BCUT2D eigenvalue weighted by Gasteiger charge is -2.28. The molecular weight excluding hydrogens is 628 g/mol. The zero-order valence-corrected chi connectivity index (χ0v) is 27.6. The maximum absolute atomic E-state index is 14.0. The molecule has 0 fully saturated rings. The number of nitrogens with zero attached hydrogens (tertiary/aromatic N) is 2. The molecule has 0 saturated heterocycles. The molecule has 258 valence electrons. The van der Waals surface area contributed by atoms with Crippen LogP contribution in [-0.4, -0.2) is 101 Å². The summed E-state index contributed by atoms with van der Waals surface area (Å²) in [6.45, 7) is 8.06. The second-order valence-electron chi connectivity index (χ2n) is 11.2. The number of rotatable bonds is 14. The van der Waals surface area contributed by atoms with Gasteiger partial charge < -0.3 is 34.9 Å². The van der Waals surface area contributed by atoms with E-state index in [1.165, 1.54) is 35.2 Å². The van der Waals surface area contributed by atoms with Crippen molar-refractivity contribution in [2.75, 3.05) is 26.8 Å². The van der Waals surface area contributed by atoms with Crippen molar-refractivity contribution in [1.29, 1.82) is 0 Å². The van der Waals surface area contributed by atoms with Crippen molar-refractivity contribution in [3.05, 3.63) is 59.2 Å². The molecule has 1 aliphatic rings. The maximum atomic E-state index is 14.0. The molecule has 1 heterocycles. The predicted molar refractivity (Wildman–Crippen MR) is 169 cm³/mol. The zero-order chi connectivity index (χ0) is 35.7. The number of aromatic hydroxyl groups is 1. The topological polar surface area (TPSA) is 198 Å². The number of hydrogen-bond acceptors (Lipinski definition) is 11. The number of imide groups is 1. The van der Waals surface area contributed by atoms with Gasteiger partial charge in [-0.15, -0.1) is 0 Å². The van der Waals surface area contributed by atoms with Gasteiger partial charge in [-0.05, 0) is 49.6 Å². The lowest BCUT2D eigenvalue weighted by molar-refractivity contribution is -0.148. The second kappa shape index (κ2) is 16.4. The van der Waals surface area contributed by atoms with Gasteiger partial charge in [0.05, 0.1) is 18.2 Å². The molecule has 15 heteroatoms. The fourth-order valence-corrected chi connectivity index (χ4v) is 4.96. The SMILES string of the molecule is CCN(CC)C(=O)Oc1ccc(C[C@@H](C(=O)N[C@@H](COC(C)=O)C(=O)N[C@H](C(=O)OC)C(C)C)N2C(=O)c3ccccc3C2=O)cc1O. The van der Waals surface area contributed by atoms with E-state index in [0.29, 0.717) is 13.1 Å². The van der Waals surface area contributed by atoms with Crippen LogP contribution in [0.5, 0.6) is 11.5 Å². The Morgan fingerprint density at radius 2 is 1.52 bits per heavy atom. The third-order valence-electron chi connectivity index (χ3n) is 7.62. The average molecular weight is 669 g/mol. The fourth-order valence-electron chi connectivity index (χ4n) is 4.96. The summed E-state index contributed by atoms with van der Waals surface area (Å²) in [6, 6.07) is 5.72. The molecule has 48 heavy (non-hydrogen) atoms. The summed E-state index contributed by atoms with van der Waals surface area (Å²) >= 11 is 0. The van der Waals surface area contributed by atoms with Crippen molar-refractivity contribution >= 4 is 41.7 Å². The van der Waals surface area contributed by atoms with Crippen LogP contribution < -0.4 is 15.4 Å². The summed E-state index contributed by atoms with van der Waals surface area (Å²) in [6.07, 6.45) is -1.02. The first-order valence-electron chi connectivity index (χ1n) is 15.3. The fraction of sp³-hybridized carbons (Fsp3) is 0.424. The minimum Gasteiger partial charge on any atom is -0.504 e. The Morgan fingerprint density at radius 3 is 2.02 bits per heavy atom. The number of esters is 2. The first-order chi connectivity index (χ1) is 22.7. The van der Waals surface area contributed by atoms with Crippen LogP contribution in [0.2, 0.25) is 0 Å². The van der Waals surface area contributed by atoms with Crippen LogP contribution >= 0.6 is 0 Å². The normalized spacial score (nSPS) is 14.0. The van der Waals surface area contributed by atoms with Gasteiger partial charge in [0.2, 0.25) is 11.8 Å². The summed E-state index contributed by atoms with van der Waals surface area (Å²) < 4.78 is 15.1. The van der Waals surface area contributed by atoms with Crippen LogP contribution in [0.15, 0.2) is 42.5 Å². The number of benzene rings is 2. The van der Waals surface area contributed by atoms with Crippen molar-refractivity contribution in [3.8, 4) is 11.5 Å². The number of nitrogens with one attached hydrogen (secondary N) is 2. The molecule has 3 rings (SSSR count). The van der Waals surface area contributed by atoms with Crippen molar-refractivity contribution in [2.24, 2.45) is 5.92 Å². The van der Waals surface area contributed by atoms with Crippen LogP contribution in [0, 0.1) is 5.92 Å². The molecule has 0 unspecified atom stereocenters. The van der Waals surface area contributed by atoms with Crippen molar-refractivity contribution in [2.45, 2.75) is 59.2 Å². The Hall–Kier alpha value is -5.47. The smallest absolute Gasteiger partial charge is 0.415 e. The van der Waals surface area contributed by atoms with E-state index in [1.54, 1.807) is 39.8 Å². The monoisotopic (exact) mass is 668 g/mol. The maximum Gasteiger partial charge on any atom is 0.415 e. The van der Waals surface area contributed by atoms with Gasteiger partial charge >= 0.3 is 18.0 Å². The first-order valence-corrected chi connectivity index (χ1v) is 15.3. The lowest BCUT2D eigenvalue weighted by Crippen LogP contribution is -2.59. The predicted octanol–water partition coefficient (Wildman–Crippen LogP) is 1.80. The van der Waals surface area contributed by atoms with E-state index in [1.807, 2.05) is 0 Å². The van der Waals surface area contributed by atoms with Crippen LogP contribution in [0.25, 0.3) is 0 Å². The van der Waals surface area contributed by atoms with Gasteiger partial charge in [-0.2, -0.15) is 0 Å². The molecule has 2 aromatic carbocycles. The summed E-state index contributed by atoms with van der Waals surface area (Å²) in [4.78, 5) is 92.8. The number of ether oxygens (including phenoxy) is 3. The van der Waals surface area contributed by atoms with Crippen molar-refractivity contribution in [1.82, 2.24) is 20.4 Å². The van der Waals surface area contributed by atoms with E-state index in [9.17, 15) is 38.7 Å². The van der Waals surface area contributed by atoms with Gasteiger partial charge in [0.1, 0.15) is 24.7 Å². The summed E-state index contributed by atoms with van der Waals surface area (Å²) in [5, 5.41) is 15.6. The largest absolute Gasteiger partial charge is 0.504 e. The number of carbonyl (C=O) groups excluding carboxylic acids is 7. The highest BCUT2D eigenvalue weighted by atomic mass is 16.6. The molecule has 3 N–H and O–H groups in total. The summed E-state index contributed by atoms with van der Waals surface area (Å²) in [5.41, 5.74) is 0.390. The number of amides is 5. The third kappa shape index (κ3) is 8.66. The zero-order valence-electron chi connectivity index (χ0n) is 27.6. The Bertz CT molecular complexity index is 1540. The van der Waals surface area contributed by atoms with E-state index in [4.69, 9.17) is 14.2 Å². The number of methoxy groups -OCH3 is 1. The molecule has 0 aromatic heterocycles. The van der Waals surface area contributed by atoms with E-state index < -0.39 is 78.1 Å². The Balaban J connectivity index is 1.97. The standard InChI is InChI=1S/C33H40N4O11/c1-7-36(8-2)33(45)48-26-14-13-20(16-25(26)39)15-24(37-30(42)21-11-9-10-12-22(21)31(37)43)29(41)34-23(17-47-19(5)38)28(40)35-27(18(3)4)32(44)46-6/h9-14,16,18,23-24,27,39H,7-8,15,17H2,1-6H3,(H,34,41)(H,35,40)/t23-,24-,27-/m0/s1. The second-order valence-corrected chi connectivity index (χ2v) is 11.2. The number of hydrogen-bond donors (Lipinski definition) is 3. The van der Waals surface area contributed by atoms with Gasteiger partial charge in [0.15, 0.2) is 11.5 Å². The molecule has 2 aromatic rings. The molecule has 5 amide bonds. The lowest BCUT2D eigenvalue weighted by atomic mass is 10.0. The van der Waals surface area contributed by atoms with Crippen LogP contribution in [0.3, 0.4) is 0 Å². The highest BCUT2D eigenvalue weighted by Gasteiger charge is 2.44. The molecule has 1 aliphatic heterocycles. The Labute approximate surface area is 277 Å². The third-order valence-corrected chi connectivity index (χ3v) is 7.62. The van der Waals surface area contributed by atoms with Crippen LogP contribution in [0.1, 0.15) is 60.9 Å². The molecule has 0 bridgehead atoms. The quantitative estimate of drug-likeness (QED) is 0.196. The number of fused-ring (bicyclic) bond motifs is 1. The van der Waals surface area contributed by atoms with E-state index in [-0.39, 0.29) is 28.9 Å². The van der Waals surface area contributed by atoms with E-state index in [0.717, 1.165) is 18.9 Å². The number of carbonyl (C=O) groups is 7.